The van der Waals surface area contributed by atoms with Crippen LogP contribution in [0.15, 0.2) is 48.8 Å². The van der Waals surface area contributed by atoms with E-state index in [1.807, 2.05) is 43.3 Å². The normalized spacial score (nSPS) is 15.6. The van der Waals surface area contributed by atoms with Crippen molar-refractivity contribution in [2.24, 2.45) is 0 Å². The van der Waals surface area contributed by atoms with E-state index in [9.17, 15) is 9.59 Å². The molecular formula is C21H26N4O3. The molecule has 2 aromatic rings. The van der Waals surface area contributed by atoms with Crippen molar-refractivity contribution in [1.29, 1.82) is 0 Å². The molecule has 0 spiro atoms. The smallest absolute Gasteiger partial charge is 0.309 e. The van der Waals surface area contributed by atoms with Crippen molar-refractivity contribution in [2.75, 3.05) is 32.8 Å². The number of carbonyl (C=O) groups is 2. The molecule has 3 rings (SSSR count). The molecule has 1 aliphatic heterocycles. The molecule has 2 amide bonds. The number of aromatic nitrogens is 1. The molecule has 2 heterocycles. The summed E-state index contributed by atoms with van der Waals surface area (Å²) < 4.78 is 5.42. The molecule has 1 fully saturated rings. The van der Waals surface area contributed by atoms with Gasteiger partial charge in [-0.3, -0.25) is 19.5 Å². The molecule has 1 aromatic carbocycles. The van der Waals surface area contributed by atoms with E-state index in [1.165, 1.54) is 0 Å². The number of aryl methyl sites for hydroxylation is 1. The highest BCUT2D eigenvalue weighted by Gasteiger charge is 2.24. The standard InChI is InChI=1S/C21H26N4O3/c1-16-4-6-17(7-5-16)13-23-20(26)21(27)24-15-19(18-3-2-8-22-14-18)25-9-11-28-12-10-25/h2-8,14,19H,9-13,15H2,1H3,(H,23,26)(H,24,27). The molecule has 28 heavy (non-hydrogen) atoms. The quantitative estimate of drug-likeness (QED) is 0.734. The third-order valence-corrected chi connectivity index (χ3v) is 4.79. The number of pyridine rings is 1. The summed E-state index contributed by atoms with van der Waals surface area (Å²) in [5.74, 6) is -1.26. The maximum Gasteiger partial charge on any atom is 0.309 e. The number of rotatable bonds is 6. The molecule has 1 atom stereocenters. The highest BCUT2D eigenvalue weighted by Crippen LogP contribution is 2.20. The molecule has 1 saturated heterocycles. The van der Waals surface area contributed by atoms with Gasteiger partial charge in [-0.25, -0.2) is 0 Å². The number of hydrogen-bond acceptors (Lipinski definition) is 5. The van der Waals surface area contributed by atoms with E-state index in [2.05, 4.69) is 20.5 Å². The average molecular weight is 382 g/mol. The van der Waals surface area contributed by atoms with Gasteiger partial charge in [-0.15, -0.1) is 0 Å². The Morgan fingerprint density at radius 1 is 1.11 bits per heavy atom. The Kier molecular flexibility index (Phi) is 7.11. The molecule has 0 saturated carbocycles. The molecule has 2 N–H and O–H groups in total. The summed E-state index contributed by atoms with van der Waals surface area (Å²) in [6.07, 6.45) is 3.51. The van der Waals surface area contributed by atoms with Gasteiger partial charge in [0, 0.05) is 38.6 Å². The lowest BCUT2D eigenvalue weighted by Gasteiger charge is -2.34. The lowest BCUT2D eigenvalue weighted by atomic mass is 10.1. The van der Waals surface area contributed by atoms with Crippen molar-refractivity contribution < 1.29 is 14.3 Å². The van der Waals surface area contributed by atoms with E-state index in [1.54, 1.807) is 12.4 Å². The van der Waals surface area contributed by atoms with Crippen LogP contribution in [0.1, 0.15) is 22.7 Å². The van der Waals surface area contributed by atoms with E-state index in [-0.39, 0.29) is 6.04 Å². The highest BCUT2D eigenvalue weighted by atomic mass is 16.5. The molecule has 0 radical (unpaired) electrons. The van der Waals surface area contributed by atoms with Gasteiger partial charge in [0.2, 0.25) is 0 Å². The average Bonchev–Trinajstić information content (AvgIpc) is 2.74. The minimum atomic E-state index is -0.632. The van der Waals surface area contributed by atoms with Crippen LogP contribution in [0.3, 0.4) is 0 Å². The van der Waals surface area contributed by atoms with E-state index >= 15 is 0 Å². The predicted octanol–water partition coefficient (Wildman–Crippen LogP) is 1.20. The number of nitrogens with one attached hydrogen (secondary N) is 2. The zero-order valence-corrected chi connectivity index (χ0v) is 16.1. The molecular weight excluding hydrogens is 356 g/mol. The summed E-state index contributed by atoms with van der Waals surface area (Å²) in [7, 11) is 0. The fourth-order valence-electron chi connectivity index (χ4n) is 3.16. The van der Waals surface area contributed by atoms with Crippen molar-refractivity contribution in [1.82, 2.24) is 20.5 Å². The maximum atomic E-state index is 12.3. The monoisotopic (exact) mass is 382 g/mol. The Morgan fingerprint density at radius 2 is 1.82 bits per heavy atom. The van der Waals surface area contributed by atoms with Crippen LogP contribution in [-0.2, 0) is 20.9 Å². The topological polar surface area (TPSA) is 83.6 Å². The largest absolute Gasteiger partial charge is 0.379 e. The third-order valence-electron chi connectivity index (χ3n) is 4.79. The van der Waals surface area contributed by atoms with E-state index in [0.717, 1.165) is 29.8 Å². The lowest BCUT2D eigenvalue weighted by molar-refractivity contribution is -0.139. The summed E-state index contributed by atoms with van der Waals surface area (Å²) in [6, 6.07) is 11.6. The minimum absolute atomic E-state index is 0.0496. The predicted molar refractivity (Wildman–Crippen MR) is 105 cm³/mol. The van der Waals surface area contributed by atoms with Gasteiger partial charge in [-0.05, 0) is 24.1 Å². The Morgan fingerprint density at radius 3 is 2.50 bits per heavy atom. The van der Waals surface area contributed by atoms with Crippen LogP contribution >= 0.6 is 0 Å². The maximum absolute atomic E-state index is 12.3. The number of amides is 2. The van der Waals surface area contributed by atoms with Gasteiger partial charge in [-0.1, -0.05) is 35.9 Å². The second-order valence-electron chi connectivity index (χ2n) is 6.83. The first-order valence-electron chi connectivity index (χ1n) is 9.47. The Labute approximate surface area is 165 Å². The van der Waals surface area contributed by atoms with Crippen LogP contribution in [0, 0.1) is 6.92 Å². The van der Waals surface area contributed by atoms with Crippen LogP contribution in [0.5, 0.6) is 0 Å². The Balaban J connectivity index is 1.55. The summed E-state index contributed by atoms with van der Waals surface area (Å²) in [5, 5.41) is 5.43. The van der Waals surface area contributed by atoms with E-state index < -0.39 is 11.8 Å². The van der Waals surface area contributed by atoms with Crippen molar-refractivity contribution in [2.45, 2.75) is 19.5 Å². The number of benzene rings is 1. The van der Waals surface area contributed by atoms with Crippen LogP contribution in [0.2, 0.25) is 0 Å². The van der Waals surface area contributed by atoms with Gasteiger partial charge in [0.25, 0.3) is 0 Å². The summed E-state index contributed by atoms with van der Waals surface area (Å²) in [6.45, 7) is 5.51. The minimum Gasteiger partial charge on any atom is -0.379 e. The molecule has 0 bridgehead atoms. The second-order valence-corrected chi connectivity index (χ2v) is 6.83. The van der Waals surface area contributed by atoms with Crippen LogP contribution in [0.4, 0.5) is 0 Å². The zero-order chi connectivity index (χ0) is 19.8. The van der Waals surface area contributed by atoms with Crippen LogP contribution in [-0.4, -0.2) is 54.5 Å². The van der Waals surface area contributed by atoms with E-state index in [4.69, 9.17) is 4.74 Å². The molecule has 1 aliphatic rings. The van der Waals surface area contributed by atoms with Gasteiger partial charge in [-0.2, -0.15) is 0 Å². The molecule has 7 heteroatoms. The molecule has 0 aliphatic carbocycles. The van der Waals surface area contributed by atoms with Crippen molar-refractivity contribution in [3.05, 3.63) is 65.5 Å². The Hall–Kier alpha value is -2.77. The van der Waals surface area contributed by atoms with Crippen molar-refractivity contribution >= 4 is 11.8 Å². The third kappa shape index (κ3) is 5.61. The van der Waals surface area contributed by atoms with Gasteiger partial charge >= 0.3 is 11.8 Å². The lowest BCUT2D eigenvalue weighted by Crippen LogP contribution is -2.46. The Bertz CT molecular complexity index is 774. The summed E-state index contributed by atoms with van der Waals surface area (Å²) in [5.41, 5.74) is 3.11. The summed E-state index contributed by atoms with van der Waals surface area (Å²) in [4.78, 5) is 30.8. The number of ether oxygens (including phenoxy) is 1. The zero-order valence-electron chi connectivity index (χ0n) is 16.1. The fraction of sp³-hybridized carbons (Fsp3) is 0.381. The van der Waals surface area contributed by atoms with Gasteiger partial charge in [0.05, 0.1) is 19.3 Å². The number of carbonyl (C=O) groups excluding carboxylic acids is 2. The summed E-state index contributed by atoms with van der Waals surface area (Å²) >= 11 is 0. The van der Waals surface area contributed by atoms with Gasteiger partial charge in [0.1, 0.15) is 0 Å². The molecule has 148 valence electrons. The first-order chi connectivity index (χ1) is 13.6. The van der Waals surface area contributed by atoms with Gasteiger partial charge < -0.3 is 15.4 Å². The number of morpholine rings is 1. The van der Waals surface area contributed by atoms with Crippen LogP contribution < -0.4 is 10.6 Å². The molecule has 1 aromatic heterocycles. The first kappa shape index (κ1) is 20.0. The van der Waals surface area contributed by atoms with E-state index in [0.29, 0.717) is 26.3 Å². The molecule has 7 nitrogen and oxygen atoms in total. The van der Waals surface area contributed by atoms with Crippen molar-refractivity contribution in [3.63, 3.8) is 0 Å². The molecule has 1 unspecified atom stereocenters. The first-order valence-corrected chi connectivity index (χ1v) is 9.47. The highest BCUT2D eigenvalue weighted by molar-refractivity contribution is 6.35. The van der Waals surface area contributed by atoms with Gasteiger partial charge in [0.15, 0.2) is 0 Å². The fourth-order valence-corrected chi connectivity index (χ4v) is 3.16. The SMILES string of the molecule is Cc1ccc(CNC(=O)C(=O)NCC(c2cccnc2)N2CCOCC2)cc1. The van der Waals surface area contributed by atoms with Crippen LogP contribution in [0.25, 0.3) is 0 Å². The number of hydrogen-bond donors (Lipinski definition) is 2. The van der Waals surface area contributed by atoms with Crippen molar-refractivity contribution in [3.8, 4) is 0 Å². The number of nitrogens with zero attached hydrogens (tertiary/aromatic N) is 2. The second kappa shape index (κ2) is 9.96.